The molecule has 158 valence electrons. The lowest BCUT2D eigenvalue weighted by Crippen LogP contribution is -2.40. The molecule has 2 aliphatic rings. The standard InChI is InChI=1S/C22H26N4O4/c1-29-18-4-2-16(3-5-18)14-26-19-10-17(12-23-21(19)24-13-20(26)27)22(28)25-11-15-6-8-30-9-7-15/h2-5,10,12,15H,6-9,11,13-14H2,1H3,(H,23,24)(H,25,28). The third-order valence-corrected chi connectivity index (χ3v) is 5.52. The lowest BCUT2D eigenvalue weighted by molar-refractivity contribution is -0.117. The number of aromatic nitrogens is 1. The Morgan fingerprint density at radius 3 is 2.80 bits per heavy atom. The molecular formula is C22H26N4O4. The average molecular weight is 410 g/mol. The van der Waals surface area contributed by atoms with E-state index in [1.807, 2.05) is 24.3 Å². The Hall–Kier alpha value is -3.13. The number of rotatable bonds is 6. The van der Waals surface area contributed by atoms with Crippen molar-refractivity contribution in [3.05, 3.63) is 47.7 Å². The number of hydrogen-bond acceptors (Lipinski definition) is 6. The highest BCUT2D eigenvalue weighted by Crippen LogP contribution is 2.30. The molecule has 0 unspecified atom stereocenters. The minimum absolute atomic E-state index is 0.0696. The van der Waals surface area contributed by atoms with Crippen molar-refractivity contribution < 1.29 is 19.1 Å². The third kappa shape index (κ3) is 4.54. The smallest absolute Gasteiger partial charge is 0.252 e. The lowest BCUT2D eigenvalue weighted by atomic mass is 10.0. The maximum Gasteiger partial charge on any atom is 0.252 e. The maximum absolute atomic E-state index is 12.7. The van der Waals surface area contributed by atoms with Crippen molar-refractivity contribution in [3.8, 4) is 5.75 Å². The SMILES string of the molecule is COc1ccc(CN2C(=O)CNc3ncc(C(=O)NCC4CCOCC4)cc32)cc1. The number of nitrogens with zero attached hydrogens (tertiary/aromatic N) is 2. The quantitative estimate of drug-likeness (QED) is 0.759. The Kier molecular flexibility index (Phi) is 6.13. The first-order valence-corrected chi connectivity index (χ1v) is 10.2. The van der Waals surface area contributed by atoms with E-state index < -0.39 is 0 Å². The number of anilines is 2. The summed E-state index contributed by atoms with van der Waals surface area (Å²) in [5.41, 5.74) is 2.02. The molecule has 2 amide bonds. The molecule has 0 aliphatic carbocycles. The van der Waals surface area contributed by atoms with E-state index in [1.54, 1.807) is 24.3 Å². The summed E-state index contributed by atoms with van der Waals surface area (Å²) in [4.78, 5) is 31.3. The molecule has 8 heteroatoms. The van der Waals surface area contributed by atoms with Crippen LogP contribution in [0.25, 0.3) is 0 Å². The zero-order valence-electron chi connectivity index (χ0n) is 17.0. The van der Waals surface area contributed by atoms with Gasteiger partial charge in [-0.3, -0.25) is 9.59 Å². The molecule has 1 saturated heterocycles. The number of methoxy groups -OCH3 is 1. The predicted molar refractivity (Wildman–Crippen MR) is 113 cm³/mol. The number of carbonyl (C=O) groups is 2. The molecule has 0 saturated carbocycles. The fourth-order valence-corrected chi connectivity index (χ4v) is 3.68. The van der Waals surface area contributed by atoms with Gasteiger partial charge in [-0.25, -0.2) is 4.98 Å². The molecule has 0 spiro atoms. The Morgan fingerprint density at radius 1 is 1.30 bits per heavy atom. The van der Waals surface area contributed by atoms with Gasteiger partial charge in [0, 0.05) is 26.0 Å². The first-order valence-electron chi connectivity index (χ1n) is 10.2. The summed E-state index contributed by atoms with van der Waals surface area (Å²) >= 11 is 0. The zero-order chi connectivity index (χ0) is 20.9. The van der Waals surface area contributed by atoms with Crippen LogP contribution in [0.5, 0.6) is 5.75 Å². The summed E-state index contributed by atoms with van der Waals surface area (Å²) in [5.74, 6) is 1.54. The Bertz CT molecular complexity index is 910. The van der Waals surface area contributed by atoms with Crippen LogP contribution in [-0.4, -0.2) is 50.2 Å². The summed E-state index contributed by atoms with van der Waals surface area (Å²) in [6.45, 7) is 2.67. The van der Waals surface area contributed by atoms with Gasteiger partial charge >= 0.3 is 0 Å². The zero-order valence-corrected chi connectivity index (χ0v) is 17.0. The first-order chi connectivity index (χ1) is 14.6. The highest BCUT2D eigenvalue weighted by atomic mass is 16.5. The average Bonchev–Trinajstić information content (AvgIpc) is 2.80. The van der Waals surface area contributed by atoms with E-state index in [0.717, 1.165) is 37.4 Å². The molecule has 1 aromatic heterocycles. The number of nitrogens with one attached hydrogen (secondary N) is 2. The molecule has 2 N–H and O–H groups in total. The van der Waals surface area contributed by atoms with Gasteiger partial charge in [-0.15, -0.1) is 0 Å². The topological polar surface area (TPSA) is 92.8 Å². The minimum Gasteiger partial charge on any atom is -0.497 e. The minimum atomic E-state index is -0.181. The molecule has 0 atom stereocenters. The van der Waals surface area contributed by atoms with Gasteiger partial charge in [0.25, 0.3) is 5.91 Å². The van der Waals surface area contributed by atoms with Crippen molar-refractivity contribution in [2.75, 3.05) is 43.6 Å². The second kappa shape index (κ2) is 9.13. The molecule has 2 aliphatic heterocycles. The molecule has 30 heavy (non-hydrogen) atoms. The highest BCUT2D eigenvalue weighted by Gasteiger charge is 2.26. The van der Waals surface area contributed by atoms with Gasteiger partial charge in [0.2, 0.25) is 5.91 Å². The van der Waals surface area contributed by atoms with Crippen molar-refractivity contribution in [3.63, 3.8) is 0 Å². The van der Waals surface area contributed by atoms with Crippen LogP contribution in [0, 0.1) is 5.92 Å². The molecule has 8 nitrogen and oxygen atoms in total. The van der Waals surface area contributed by atoms with Crippen LogP contribution in [0.15, 0.2) is 36.5 Å². The van der Waals surface area contributed by atoms with Crippen LogP contribution in [-0.2, 0) is 16.1 Å². The Labute approximate surface area is 175 Å². The van der Waals surface area contributed by atoms with Crippen molar-refractivity contribution in [1.82, 2.24) is 10.3 Å². The number of carbonyl (C=O) groups excluding carboxylic acids is 2. The first kappa shape index (κ1) is 20.2. The van der Waals surface area contributed by atoms with E-state index in [2.05, 4.69) is 15.6 Å². The molecule has 1 aromatic carbocycles. The van der Waals surface area contributed by atoms with E-state index in [1.165, 1.54) is 0 Å². The predicted octanol–water partition coefficient (Wildman–Crippen LogP) is 2.21. The van der Waals surface area contributed by atoms with Crippen LogP contribution in [0.1, 0.15) is 28.8 Å². The van der Waals surface area contributed by atoms with E-state index in [4.69, 9.17) is 9.47 Å². The van der Waals surface area contributed by atoms with E-state index >= 15 is 0 Å². The second-order valence-corrected chi connectivity index (χ2v) is 7.54. The van der Waals surface area contributed by atoms with Gasteiger partial charge in [0.15, 0.2) is 5.82 Å². The van der Waals surface area contributed by atoms with Gasteiger partial charge in [-0.05, 0) is 42.5 Å². The van der Waals surface area contributed by atoms with E-state index in [9.17, 15) is 9.59 Å². The van der Waals surface area contributed by atoms with Gasteiger partial charge in [0.1, 0.15) is 5.75 Å². The van der Waals surface area contributed by atoms with Crippen molar-refractivity contribution in [2.24, 2.45) is 5.92 Å². The second-order valence-electron chi connectivity index (χ2n) is 7.54. The monoisotopic (exact) mass is 410 g/mol. The van der Waals surface area contributed by atoms with Gasteiger partial charge in [-0.2, -0.15) is 0 Å². The lowest BCUT2D eigenvalue weighted by Gasteiger charge is -2.30. The molecule has 4 rings (SSSR count). The number of hydrogen-bond donors (Lipinski definition) is 2. The normalized spacial score (nSPS) is 16.6. The summed E-state index contributed by atoms with van der Waals surface area (Å²) in [6, 6.07) is 9.30. The molecule has 0 bridgehead atoms. The maximum atomic E-state index is 12.7. The van der Waals surface area contributed by atoms with E-state index in [-0.39, 0.29) is 18.4 Å². The number of ether oxygens (including phenoxy) is 2. The molecule has 1 fully saturated rings. The molecule has 3 heterocycles. The van der Waals surface area contributed by atoms with Gasteiger partial charge in [-0.1, -0.05) is 12.1 Å². The van der Waals surface area contributed by atoms with Crippen molar-refractivity contribution >= 4 is 23.3 Å². The molecule has 0 radical (unpaired) electrons. The molecule has 2 aromatic rings. The molecular weight excluding hydrogens is 384 g/mol. The Balaban J connectivity index is 1.49. The van der Waals surface area contributed by atoms with Crippen LogP contribution < -0.4 is 20.3 Å². The van der Waals surface area contributed by atoms with Gasteiger partial charge in [0.05, 0.1) is 31.5 Å². The number of fused-ring (bicyclic) bond motifs is 1. The summed E-state index contributed by atoms with van der Waals surface area (Å²) in [7, 11) is 1.62. The summed E-state index contributed by atoms with van der Waals surface area (Å²) in [6.07, 6.45) is 3.46. The highest BCUT2D eigenvalue weighted by molar-refractivity contribution is 6.04. The fraction of sp³-hybridized carbons (Fsp3) is 0.409. The number of pyridine rings is 1. The van der Waals surface area contributed by atoms with Gasteiger partial charge < -0.3 is 25.0 Å². The van der Waals surface area contributed by atoms with Crippen LogP contribution in [0.3, 0.4) is 0 Å². The number of amides is 2. The van der Waals surface area contributed by atoms with E-state index in [0.29, 0.717) is 36.1 Å². The largest absolute Gasteiger partial charge is 0.497 e. The van der Waals surface area contributed by atoms with Crippen molar-refractivity contribution in [2.45, 2.75) is 19.4 Å². The van der Waals surface area contributed by atoms with Crippen LogP contribution in [0.2, 0.25) is 0 Å². The van der Waals surface area contributed by atoms with Crippen LogP contribution >= 0.6 is 0 Å². The third-order valence-electron chi connectivity index (χ3n) is 5.52. The number of benzene rings is 1. The Morgan fingerprint density at radius 2 is 2.07 bits per heavy atom. The fourth-order valence-electron chi connectivity index (χ4n) is 3.68. The summed E-state index contributed by atoms with van der Waals surface area (Å²) in [5, 5.41) is 6.02. The summed E-state index contributed by atoms with van der Waals surface area (Å²) < 4.78 is 10.6. The van der Waals surface area contributed by atoms with Crippen molar-refractivity contribution in [1.29, 1.82) is 0 Å². The van der Waals surface area contributed by atoms with Crippen LogP contribution in [0.4, 0.5) is 11.5 Å².